The Bertz CT molecular complexity index is 259. The van der Waals surface area contributed by atoms with Crippen LogP contribution in [0.25, 0.3) is 0 Å². The highest BCUT2D eigenvalue weighted by molar-refractivity contribution is 7.80. The minimum absolute atomic E-state index is 0.128. The standard InChI is InChI=1S/C11H20N2OS/c1-3-11(6-4-5-7-11)10(14)13-8(2)9(12)15/h8H,3-7H2,1-2H3,(H2,12,15)(H,13,14). The van der Waals surface area contributed by atoms with Crippen molar-refractivity contribution in [3.63, 3.8) is 0 Å². The fourth-order valence-corrected chi connectivity index (χ4v) is 2.27. The van der Waals surface area contributed by atoms with Gasteiger partial charge in [-0.25, -0.2) is 0 Å². The molecule has 0 spiro atoms. The molecule has 0 heterocycles. The van der Waals surface area contributed by atoms with Gasteiger partial charge in [0.25, 0.3) is 0 Å². The number of hydrogen-bond acceptors (Lipinski definition) is 2. The number of rotatable bonds is 4. The molecule has 0 aromatic heterocycles. The summed E-state index contributed by atoms with van der Waals surface area (Å²) in [5.74, 6) is 0.128. The van der Waals surface area contributed by atoms with Gasteiger partial charge in [0.15, 0.2) is 0 Å². The Morgan fingerprint density at radius 3 is 2.47 bits per heavy atom. The van der Waals surface area contributed by atoms with E-state index < -0.39 is 0 Å². The first-order valence-corrected chi connectivity index (χ1v) is 6.03. The molecule has 0 aliphatic heterocycles. The summed E-state index contributed by atoms with van der Waals surface area (Å²) in [7, 11) is 0. The predicted octanol–water partition coefficient (Wildman–Crippen LogP) is 1.75. The number of hydrogen-bond donors (Lipinski definition) is 2. The first-order chi connectivity index (χ1) is 7.02. The maximum atomic E-state index is 12.1. The first kappa shape index (κ1) is 12.4. The summed E-state index contributed by atoms with van der Waals surface area (Å²) in [4.78, 5) is 12.4. The summed E-state index contributed by atoms with van der Waals surface area (Å²) in [5, 5.41) is 2.91. The number of amides is 1. The van der Waals surface area contributed by atoms with Crippen LogP contribution in [0.3, 0.4) is 0 Å². The SMILES string of the molecule is CCC1(C(=O)NC(C)C(N)=S)CCCC1. The van der Waals surface area contributed by atoms with E-state index in [0.717, 1.165) is 32.1 Å². The molecule has 1 fully saturated rings. The zero-order chi connectivity index (χ0) is 11.5. The number of nitrogens with one attached hydrogen (secondary N) is 1. The van der Waals surface area contributed by atoms with Gasteiger partial charge < -0.3 is 11.1 Å². The Morgan fingerprint density at radius 1 is 1.53 bits per heavy atom. The number of thiocarbonyl (C=S) groups is 1. The summed E-state index contributed by atoms with van der Waals surface area (Å²) in [6.07, 6.45) is 5.22. The predicted molar refractivity (Wildman–Crippen MR) is 65.6 cm³/mol. The highest BCUT2D eigenvalue weighted by atomic mass is 32.1. The maximum absolute atomic E-state index is 12.1. The van der Waals surface area contributed by atoms with Gasteiger partial charge in [0.05, 0.1) is 11.0 Å². The lowest BCUT2D eigenvalue weighted by Gasteiger charge is -2.27. The molecule has 1 atom stereocenters. The Balaban J connectivity index is 2.62. The molecule has 15 heavy (non-hydrogen) atoms. The van der Waals surface area contributed by atoms with Crippen molar-refractivity contribution in [3.8, 4) is 0 Å². The van der Waals surface area contributed by atoms with Gasteiger partial charge in [0.1, 0.15) is 0 Å². The second kappa shape index (κ2) is 4.92. The van der Waals surface area contributed by atoms with Gasteiger partial charge in [-0.2, -0.15) is 0 Å². The van der Waals surface area contributed by atoms with Gasteiger partial charge in [-0.1, -0.05) is 32.0 Å². The molecule has 1 rings (SSSR count). The molecular formula is C11H20N2OS. The van der Waals surface area contributed by atoms with E-state index in [1.807, 2.05) is 6.92 Å². The zero-order valence-corrected chi connectivity index (χ0v) is 10.3. The van der Waals surface area contributed by atoms with Crippen molar-refractivity contribution in [2.45, 2.75) is 52.0 Å². The molecule has 1 saturated carbocycles. The molecule has 1 aliphatic carbocycles. The molecule has 86 valence electrons. The maximum Gasteiger partial charge on any atom is 0.226 e. The highest BCUT2D eigenvalue weighted by Crippen LogP contribution is 2.41. The monoisotopic (exact) mass is 228 g/mol. The molecule has 1 aliphatic rings. The second-order valence-electron chi connectivity index (χ2n) is 4.44. The summed E-state index contributed by atoms with van der Waals surface area (Å²) >= 11 is 4.85. The summed E-state index contributed by atoms with van der Waals surface area (Å²) in [5.41, 5.74) is 5.33. The van der Waals surface area contributed by atoms with Crippen LogP contribution in [0.4, 0.5) is 0 Å². The molecule has 3 N–H and O–H groups in total. The normalized spacial score (nSPS) is 20.9. The molecule has 0 saturated heterocycles. The fraction of sp³-hybridized carbons (Fsp3) is 0.818. The molecule has 1 amide bonds. The van der Waals surface area contributed by atoms with Crippen molar-refractivity contribution in [1.82, 2.24) is 5.32 Å². The molecule has 1 unspecified atom stereocenters. The van der Waals surface area contributed by atoms with Crippen LogP contribution < -0.4 is 11.1 Å². The van der Waals surface area contributed by atoms with Gasteiger partial charge in [-0.05, 0) is 26.2 Å². The largest absolute Gasteiger partial charge is 0.392 e. The highest BCUT2D eigenvalue weighted by Gasteiger charge is 2.39. The van der Waals surface area contributed by atoms with Crippen LogP contribution in [0, 0.1) is 5.41 Å². The molecule has 4 heteroatoms. The number of nitrogens with two attached hydrogens (primary N) is 1. The lowest BCUT2D eigenvalue weighted by atomic mass is 9.82. The van der Waals surface area contributed by atoms with Crippen LogP contribution in [0.15, 0.2) is 0 Å². The summed E-state index contributed by atoms with van der Waals surface area (Å²) in [6.45, 7) is 3.91. The van der Waals surface area contributed by atoms with Gasteiger partial charge in [-0.3, -0.25) is 4.79 Å². The average molecular weight is 228 g/mol. The quantitative estimate of drug-likeness (QED) is 0.721. The van der Waals surface area contributed by atoms with Gasteiger partial charge >= 0.3 is 0 Å². The van der Waals surface area contributed by atoms with E-state index >= 15 is 0 Å². The van der Waals surface area contributed by atoms with Crippen molar-refractivity contribution in [1.29, 1.82) is 0 Å². The smallest absolute Gasteiger partial charge is 0.226 e. The van der Waals surface area contributed by atoms with E-state index in [0.29, 0.717) is 4.99 Å². The third-order valence-electron chi connectivity index (χ3n) is 3.49. The molecule has 0 bridgehead atoms. The Hall–Kier alpha value is -0.640. The van der Waals surface area contributed by atoms with Crippen LogP contribution >= 0.6 is 12.2 Å². The van der Waals surface area contributed by atoms with Gasteiger partial charge in [0, 0.05) is 5.41 Å². The number of carbonyl (C=O) groups is 1. The minimum Gasteiger partial charge on any atom is -0.392 e. The van der Waals surface area contributed by atoms with Crippen molar-refractivity contribution in [2.75, 3.05) is 0 Å². The number of carbonyl (C=O) groups excluding carboxylic acids is 1. The topological polar surface area (TPSA) is 55.1 Å². The average Bonchev–Trinajstić information content (AvgIpc) is 2.66. The molecule has 3 nitrogen and oxygen atoms in total. The van der Waals surface area contributed by atoms with Gasteiger partial charge in [0.2, 0.25) is 5.91 Å². The molecular weight excluding hydrogens is 208 g/mol. The summed E-state index contributed by atoms with van der Waals surface area (Å²) < 4.78 is 0. The van der Waals surface area contributed by atoms with Gasteiger partial charge in [-0.15, -0.1) is 0 Å². The lowest BCUT2D eigenvalue weighted by molar-refractivity contribution is -0.131. The van der Waals surface area contributed by atoms with Crippen LogP contribution in [-0.4, -0.2) is 16.9 Å². The van der Waals surface area contributed by atoms with E-state index in [9.17, 15) is 4.79 Å². The van der Waals surface area contributed by atoms with Crippen molar-refractivity contribution < 1.29 is 4.79 Å². The fourth-order valence-electron chi connectivity index (χ4n) is 2.21. The lowest BCUT2D eigenvalue weighted by Crippen LogP contribution is -2.47. The van der Waals surface area contributed by atoms with Crippen molar-refractivity contribution in [2.24, 2.45) is 11.1 Å². The third kappa shape index (κ3) is 2.68. The molecule has 0 aromatic carbocycles. The molecule has 0 radical (unpaired) electrons. The molecule has 0 aromatic rings. The van der Waals surface area contributed by atoms with Crippen LogP contribution in [0.2, 0.25) is 0 Å². The Morgan fingerprint density at radius 2 is 2.07 bits per heavy atom. The van der Waals surface area contributed by atoms with Crippen LogP contribution in [0.5, 0.6) is 0 Å². The Kier molecular flexibility index (Phi) is 4.08. The third-order valence-corrected chi connectivity index (χ3v) is 3.85. The minimum atomic E-state index is -0.198. The van der Waals surface area contributed by atoms with E-state index in [-0.39, 0.29) is 17.4 Å². The van der Waals surface area contributed by atoms with Crippen LogP contribution in [0.1, 0.15) is 46.0 Å². The van der Waals surface area contributed by atoms with E-state index in [1.54, 1.807) is 0 Å². The van der Waals surface area contributed by atoms with E-state index in [2.05, 4.69) is 12.2 Å². The van der Waals surface area contributed by atoms with Crippen LogP contribution in [-0.2, 0) is 4.79 Å². The van der Waals surface area contributed by atoms with Crippen molar-refractivity contribution >= 4 is 23.1 Å². The van der Waals surface area contributed by atoms with E-state index in [4.69, 9.17) is 18.0 Å². The summed E-state index contributed by atoms with van der Waals surface area (Å²) in [6, 6.07) is -0.198. The second-order valence-corrected chi connectivity index (χ2v) is 4.91. The first-order valence-electron chi connectivity index (χ1n) is 5.62. The Labute approximate surface area is 96.8 Å². The van der Waals surface area contributed by atoms with E-state index in [1.165, 1.54) is 0 Å². The zero-order valence-electron chi connectivity index (χ0n) is 9.51. The van der Waals surface area contributed by atoms with Crippen molar-refractivity contribution in [3.05, 3.63) is 0 Å².